The van der Waals surface area contributed by atoms with Crippen LogP contribution in [0.25, 0.3) is 0 Å². The summed E-state index contributed by atoms with van der Waals surface area (Å²) in [6.45, 7) is -0.433. The van der Waals surface area contributed by atoms with Crippen molar-refractivity contribution < 1.29 is 27.1 Å². The molecule has 3 aromatic carbocycles. The number of carbonyl (C=O) groups excluding carboxylic acids is 2. The summed E-state index contributed by atoms with van der Waals surface area (Å²) in [7, 11) is -4.04. The minimum absolute atomic E-state index is 0.0794. The predicted molar refractivity (Wildman–Crippen MR) is 105 cm³/mol. The second-order valence-corrected chi connectivity index (χ2v) is 7.66. The van der Waals surface area contributed by atoms with Gasteiger partial charge in [0.05, 0.1) is 16.1 Å². The van der Waals surface area contributed by atoms with Crippen LogP contribution < -0.4 is 4.72 Å². The first-order chi connectivity index (χ1) is 13.9. The standard InChI is InChI=1S/C21H16FNO5S/c22-18-8-4-5-9-19(18)23-29(26,27)17-12-10-16(11-13-17)21(25)28-14-20(24)15-6-2-1-3-7-15/h1-13,23H,14H2. The molecule has 3 aromatic rings. The van der Waals surface area contributed by atoms with Crippen LogP contribution in [0.1, 0.15) is 20.7 Å². The molecular weight excluding hydrogens is 397 g/mol. The second kappa shape index (κ2) is 8.66. The van der Waals surface area contributed by atoms with Crippen molar-refractivity contribution in [3.05, 3.63) is 95.8 Å². The number of sulfonamides is 1. The van der Waals surface area contributed by atoms with Crippen molar-refractivity contribution in [3.8, 4) is 0 Å². The highest BCUT2D eigenvalue weighted by atomic mass is 32.2. The largest absolute Gasteiger partial charge is 0.454 e. The number of ether oxygens (including phenoxy) is 1. The van der Waals surface area contributed by atoms with Crippen LogP contribution in [-0.4, -0.2) is 26.8 Å². The molecule has 0 aliphatic carbocycles. The van der Waals surface area contributed by atoms with E-state index in [0.29, 0.717) is 5.56 Å². The van der Waals surface area contributed by atoms with Crippen molar-refractivity contribution >= 4 is 27.5 Å². The molecule has 0 spiro atoms. The molecule has 0 aliphatic rings. The Morgan fingerprint density at radius 1 is 0.828 bits per heavy atom. The van der Waals surface area contributed by atoms with Gasteiger partial charge in [-0.05, 0) is 36.4 Å². The number of halogens is 1. The summed E-state index contributed by atoms with van der Waals surface area (Å²) < 4.78 is 45.5. The smallest absolute Gasteiger partial charge is 0.338 e. The highest BCUT2D eigenvalue weighted by Crippen LogP contribution is 2.19. The number of nitrogens with one attached hydrogen (secondary N) is 1. The quantitative estimate of drug-likeness (QED) is 0.472. The topological polar surface area (TPSA) is 89.5 Å². The lowest BCUT2D eigenvalue weighted by Gasteiger charge is -2.09. The third-order valence-corrected chi connectivity index (χ3v) is 5.33. The van der Waals surface area contributed by atoms with Gasteiger partial charge in [0.25, 0.3) is 10.0 Å². The molecule has 0 saturated heterocycles. The van der Waals surface area contributed by atoms with Gasteiger partial charge < -0.3 is 4.74 Å². The summed E-state index contributed by atoms with van der Waals surface area (Å²) in [4.78, 5) is 23.9. The van der Waals surface area contributed by atoms with Gasteiger partial charge in [-0.2, -0.15) is 0 Å². The van der Waals surface area contributed by atoms with Gasteiger partial charge in [0.15, 0.2) is 12.4 Å². The number of para-hydroxylation sites is 1. The zero-order valence-electron chi connectivity index (χ0n) is 15.0. The van der Waals surface area contributed by atoms with E-state index in [-0.39, 0.29) is 21.9 Å². The molecule has 0 atom stereocenters. The van der Waals surface area contributed by atoms with Gasteiger partial charge in [-0.3, -0.25) is 9.52 Å². The van der Waals surface area contributed by atoms with Crippen LogP contribution in [0.4, 0.5) is 10.1 Å². The van der Waals surface area contributed by atoms with Crippen molar-refractivity contribution in [3.63, 3.8) is 0 Å². The van der Waals surface area contributed by atoms with Crippen molar-refractivity contribution in [2.24, 2.45) is 0 Å². The molecule has 0 aliphatic heterocycles. The molecule has 3 rings (SSSR count). The maximum absolute atomic E-state index is 13.7. The van der Waals surface area contributed by atoms with Gasteiger partial charge in [0.1, 0.15) is 5.82 Å². The first-order valence-electron chi connectivity index (χ1n) is 8.49. The van der Waals surface area contributed by atoms with E-state index in [1.807, 2.05) is 0 Å². The van der Waals surface area contributed by atoms with Gasteiger partial charge in [-0.25, -0.2) is 17.6 Å². The molecule has 0 unspecified atom stereocenters. The van der Waals surface area contributed by atoms with E-state index in [2.05, 4.69) is 4.72 Å². The predicted octanol–water partition coefficient (Wildman–Crippen LogP) is 3.67. The minimum atomic E-state index is -4.04. The molecule has 0 radical (unpaired) electrons. The van der Waals surface area contributed by atoms with Crippen LogP contribution in [0.2, 0.25) is 0 Å². The van der Waals surface area contributed by atoms with E-state index in [9.17, 15) is 22.4 Å². The molecule has 0 amide bonds. The van der Waals surface area contributed by atoms with Crippen LogP contribution >= 0.6 is 0 Å². The van der Waals surface area contributed by atoms with Crippen LogP contribution in [-0.2, 0) is 14.8 Å². The van der Waals surface area contributed by atoms with Crippen LogP contribution in [0.5, 0.6) is 0 Å². The van der Waals surface area contributed by atoms with Crippen LogP contribution in [0, 0.1) is 5.82 Å². The number of carbonyl (C=O) groups is 2. The van der Waals surface area contributed by atoms with Gasteiger partial charge in [0.2, 0.25) is 0 Å². The van der Waals surface area contributed by atoms with Crippen molar-refractivity contribution in [1.82, 2.24) is 0 Å². The highest BCUT2D eigenvalue weighted by Gasteiger charge is 2.18. The average Bonchev–Trinajstić information content (AvgIpc) is 2.74. The summed E-state index contributed by atoms with van der Waals surface area (Å²) in [6, 6.07) is 18.6. The van der Waals surface area contributed by atoms with E-state index in [0.717, 1.165) is 6.07 Å². The van der Waals surface area contributed by atoms with Crippen LogP contribution in [0.3, 0.4) is 0 Å². The Hall–Kier alpha value is -3.52. The molecule has 0 aromatic heterocycles. The Morgan fingerprint density at radius 2 is 1.45 bits per heavy atom. The summed E-state index contributed by atoms with van der Waals surface area (Å²) in [5.41, 5.74) is 0.312. The highest BCUT2D eigenvalue weighted by molar-refractivity contribution is 7.92. The van der Waals surface area contributed by atoms with E-state index in [1.165, 1.54) is 42.5 Å². The van der Waals surface area contributed by atoms with E-state index in [4.69, 9.17) is 4.74 Å². The molecule has 0 saturated carbocycles. The molecule has 148 valence electrons. The van der Waals surface area contributed by atoms with Crippen LogP contribution in [0.15, 0.2) is 83.8 Å². The fourth-order valence-electron chi connectivity index (χ4n) is 2.44. The lowest BCUT2D eigenvalue weighted by atomic mass is 10.1. The van der Waals surface area contributed by atoms with Crippen molar-refractivity contribution in [1.29, 1.82) is 0 Å². The molecular formula is C21H16FNO5S. The maximum atomic E-state index is 13.7. The Kier molecular flexibility index (Phi) is 6.04. The molecule has 8 heteroatoms. The number of benzene rings is 3. The number of hydrogen-bond donors (Lipinski definition) is 1. The average molecular weight is 413 g/mol. The monoisotopic (exact) mass is 413 g/mol. The normalized spacial score (nSPS) is 10.9. The lowest BCUT2D eigenvalue weighted by Crippen LogP contribution is -2.15. The Bertz CT molecular complexity index is 1130. The number of ketones is 1. The fourth-order valence-corrected chi connectivity index (χ4v) is 3.51. The SMILES string of the molecule is O=C(COC(=O)c1ccc(S(=O)(=O)Nc2ccccc2F)cc1)c1ccccc1. The van der Waals surface area contributed by atoms with Crippen molar-refractivity contribution in [2.75, 3.05) is 11.3 Å². The number of hydrogen-bond acceptors (Lipinski definition) is 5. The molecule has 6 nitrogen and oxygen atoms in total. The van der Waals surface area contributed by atoms with Crippen molar-refractivity contribution in [2.45, 2.75) is 4.90 Å². The molecule has 29 heavy (non-hydrogen) atoms. The summed E-state index contributed by atoms with van der Waals surface area (Å²) in [5.74, 6) is -1.83. The zero-order chi connectivity index (χ0) is 20.9. The summed E-state index contributed by atoms with van der Waals surface area (Å²) in [6.07, 6.45) is 0. The Morgan fingerprint density at radius 3 is 2.10 bits per heavy atom. The number of esters is 1. The molecule has 1 N–H and O–H groups in total. The Labute approximate surface area is 167 Å². The zero-order valence-corrected chi connectivity index (χ0v) is 15.9. The molecule has 0 fully saturated rings. The minimum Gasteiger partial charge on any atom is -0.454 e. The third-order valence-electron chi connectivity index (χ3n) is 3.95. The third kappa shape index (κ3) is 5.05. The number of rotatable bonds is 7. The number of Topliss-reactive ketones (excluding diaryl/α,β-unsaturated/α-hetero) is 1. The maximum Gasteiger partial charge on any atom is 0.338 e. The van der Waals surface area contributed by atoms with Gasteiger partial charge in [-0.1, -0.05) is 42.5 Å². The van der Waals surface area contributed by atoms with E-state index < -0.39 is 28.4 Å². The second-order valence-electron chi connectivity index (χ2n) is 5.98. The summed E-state index contributed by atoms with van der Waals surface area (Å²) >= 11 is 0. The molecule has 0 heterocycles. The van der Waals surface area contributed by atoms with Gasteiger partial charge in [-0.15, -0.1) is 0 Å². The first kappa shape index (κ1) is 20.2. The number of anilines is 1. The van der Waals surface area contributed by atoms with E-state index >= 15 is 0 Å². The summed E-state index contributed by atoms with van der Waals surface area (Å²) in [5, 5.41) is 0. The van der Waals surface area contributed by atoms with Gasteiger partial charge >= 0.3 is 5.97 Å². The first-order valence-corrected chi connectivity index (χ1v) is 9.98. The van der Waals surface area contributed by atoms with E-state index in [1.54, 1.807) is 30.3 Å². The molecule has 0 bridgehead atoms. The fraction of sp³-hybridized carbons (Fsp3) is 0.0476. The lowest BCUT2D eigenvalue weighted by molar-refractivity contribution is 0.0474. The Balaban J connectivity index is 1.65. The van der Waals surface area contributed by atoms with Gasteiger partial charge in [0, 0.05) is 5.56 Å².